The van der Waals surface area contributed by atoms with Gasteiger partial charge in [0.2, 0.25) is 26.0 Å². The molecule has 9 nitrogen and oxygen atoms in total. The third-order valence-electron chi connectivity index (χ3n) is 6.84. The Labute approximate surface area is 227 Å². The largest absolute Gasteiger partial charge is 0.495 e. The number of nitrogens with one attached hydrogen (secondary N) is 1. The Hall–Kier alpha value is -1.99. The Morgan fingerprint density at radius 1 is 0.946 bits per heavy atom. The van der Waals surface area contributed by atoms with Crippen LogP contribution in [0.3, 0.4) is 0 Å². The number of carbonyl (C=O) groups excluding carboxylic acids is 1. The van der Waals surface area contributed by atoms with E-state index in [1.807, 2.05) is 12.1 Å². The van der Waals surface area contributed by atoms with Crippen LogP contribution in [-0.4, -0.2) is 64.6 Å². The summed E-state index contributed by atoms with van der Waals surface area (Å²) in [4.78, 5) is 13.0. The van der Waals surface area contributed by atoms with Crippen LogP contribution in [0.5, 0.6) is 5.75 Å². The van der Waals surface area contributed by atoms with Gasteiger partial charge in [-0.3, -0.25) is 4.79 Å². The summed E-state index contributed by atoms with van der Waals surface area (Å²) >= 11 is 3.35. The summed E-state index contributed by atoms with van der Waals surface area (Å²) in [7, 11) is -5.84. The highest BCUT2D eigenvalue weighted by atomic mass is 79.9. The van der Waals surface area contributed by atoms with Crippen LogP contribution in [0.2, 0.25) is 0 Å². The molecule has 1 N–H and O–H groups in total. The van der Waals surface area contributed by atoms with Crippen LogP contribution in [0.25, 0.3) is 0 Å². The van der Waals surface area contributed by atoms with E-state index in [9.17, 15) is 21.6 Å². The van der Waals surface area contributed by atoms with Gasteiger partial charge in [-0.15, -0.1) is 0 Å². The van der Waals surface area contributed by atoms with Crippen molar-refractivity contribution in [2.24, 2.45) is 5.92 Å². The van der Waals surface area contributed by atoms with E-state index in [4.69, 9.17) is 4.74 Å². The minimum Gasteiger partial charge on any atom is -0.495 e. The zero-order chi connectivity index (χ0) is 26.6. The first-order valence-electron chi connectivity index (χ1n) is 12.3. The summed E-state index contributed by atoms with van der Waals surface area (Å²) in [6, 6.07) is 11.8. The molecule has 2 aliphatic heterocycles. The number of methoxy groups -OCH3 is 1. The zero-order valence-electron chi connectivity index (χ0n) is 20.7. The van der Waals surface area contributed by atoms with Crippen LogP contribution < -0.4 is 10.1 Å². The molecule has 2 aromatic carbocycles. The summed E-state index contributed by atoms with van der Waals surface area (Å²) in [5.74, 6) is -0.482. The van der Waals surface area contributed by atoms with Gasteiger partial charge >= 0.3 is 0 Å². The topological polar surface area (TPSA) is 113 Å². The quantitative estimate of drug-likeness (QED) is 0.484. The number of benzene rings is 2. The molecule has 1 amide bonds. The van der Waals surface area contributed by atoms with E-state index in [0.717, 1.165) is 23.7 Å². The van der Waals surface area contributed by atoms with Gasteiger partial charge in [0.05, 0.1) is 12.9 Å². The number of hydrogen-bond donors (Lipinski definition) is 1. The fourth-order valence-electron chi connectivity index (χ4n) is 4.72. The molecular weight excluding hydrogens is 582 g/mol. The van der Waals surface area contributed by atoms with Crippen molar-refractivity contribution in [1.82, 2.24) is 8.61 Å². The normalized spacial score (nSPS) is 18.4. The second-order valence-electron chi connectivity index (χ2n) is 9.38. The first-order valence-corrected chi connectivity index (χ1v) is 16.2. The van der Waals surface area contributed by atoms with Crippen molar-refractivity contribution in [3.8, 4) is 5.75 Å². The average Bonchev–Trinajstić information content (AvgIpc) is 2.90. The maximum atomic E-state index is 13.3. The molecule has 0 aromatic heterocycles. The van der Waals surface area contributed by atoms with E-state index < -0.39 is 20.0 Å². The molecule has 2 fully saturated rings. The highest BCUT2D eigenvalue weighted by Gasteiger charge is 2.32. The van der Waals surface area contributed by atoms with E-state index in [1.165, 1.54) is 21.8 Å². The molecule has 2 aliphatic rings. The van der Waals surface area contributed by atoms with Crippen LogP contribution in [0.1, 0.15) is 37.7 Å². The molecule has 12 heteroatoms. The number of amides is 1. The van der Waals surface area contributed by atoms with E-state index >= 15 is 0 Å². The van der Waals surface area contributed by atoms with Crippen LogP contribution in [0.15, 0.2) is 51.8 Å². The molecule has 37 heavy (non-hydrogen) atoms. The summed E-state index contributed by atoms with van der Waals surface area (Å²) in [5.41, 5.74) is 1.07. The maximum absolute atomic E-state index is 13.3. The second kappa shape index (κ2) is 11.8. The van der Waals surface area contributed by atoms with Crippen molar-refractivity contribution in [2.45, 2.75) is 42.8 Å². The van der Waals surface area contributed by atoms with E-state index in [-0.39, 0.29) is 41.3 Å². The van der Waals surface area contributed by atoms with E-state index in [0.29, 0.717) is 37.2 Å². The Balaban J connectivity index is 1.39. The Morgan fingerprint density at radius 2 is 1.59 bits per heavy atom. The summed E-state index contributed by atoms with van der Waals surface area (Å²) in [6.07, 6.45) is 3.41. The third kappa shape index (κ3) is 6.72. The van der Waals surface area contributed by atoms with Crippen molar-refractivity contribution in [2.75, 3.05) is 38.6 Å². The van der Waals surface area contributed by atoms with Gasteiger partial charge in [0, 0.05) is 42.3 Å². The van der Waals surface area contributed by atoms with Crippen LogP contribution in [0, 0.1) is 5.92 Å². The molecule has 0 radical (unpaired) electrons. The molecule has 0 atom stereocenters. The van der Waals surface area contributed by atoms with Gasteiger partial charge in [0.25, 0.3) is 0 Å². The number of halogens is 1. The lowest BCUT2D eigenvalue weighted by atomic mass is 9.97. The zero-order valence-corrected chi connectivity index (χ0v) is 23.9. The SMILES string of the molecule is COc1ccc(NC(=O)C2CCN(S(=O)(=O)Cc3ccc(Br)cc3)CC2)cc1S(=O)(=O)N1CCCCC1. The summed E-state index contributed by atoms with van der Waals surface area (Å²) < 4.78 is 61.3. The summed E-state index contributed by atoms with van der Waals surface area (Å²) in [5, 5.41) is 2.83. The number of nitrogens with zero attached hydrogens (tertiary/aromatic N) is 2. The van der Waals surface area contributed by atoms with Crippen molar-refractivity contribution in [3.63, 3.8) is 0 Å². The van der Waals surface area contributed by atoms with Gasteiger partial charge in [-0.05, 0) is 61.6 Å². The lowest BCUT2D eigenvalue weighted by Gasteiger charge is -2.30. The van der Waals surface area contributed by atoms with Gasteiger partial charge in [0.15, 0.2) is 0 Å². The molecule has 2 aromatic rings. The number of piperidine rings is 2. The highest BCUT2D eigenvalue weighted by molar-refractivity contribution is 9.10. The van der Waals surface area contributed by atoms with Crippen molar-refractivity contribution < 1.29 is 26.4 Å². The molecule has 0 aliphatic carbocycles. The predicted octanol–water partition coefficient (Wildman–Crippen LogP) is 3.81. The van der Waals surface area contributed by atoms with E-state index in [1.54, 1.807) is 24.3 Å². The van der Waals surface area contributed by atoms with Crippen LogP contribution >= 0.6 is 15.9 Å². The number of anilines is 1. The number of rotatable bonds is 8. The molecular formula is C25H32BrN3O6S2. The molecule has 202 valence electrons. The Bertz CT molecular complexity index is 1320. The lowest BCUT2D eigenvalue weighted by molar-refractivity contribution is -0.120. The minimum atomic E-state index is -3.76. The predicted molar refractivity (Wildman–Crippen MR) is 145 cm³/mol. The van der Waals surface area contributed by atoms with Gasteiger partial charge < -0.3 is 10.1 Å². The van der Waals surface area contributed by atoms with Crippen LogP contribution in [0.4, 0.5) is 5.69 Å². The Morgan fingerprint density at radius 3 is 2.22 bits per heavy atom. The summed E-state index contributed by atoms with van der Waals surface area (Å²) in [6.45, 7) is 1.44. The van der Waals surface area contributed by atoms with Gasteiger partial charge in [-0.25, -0.2) is 21.1 Å². The van der Waals surface area contributed by atoms with E-state index in [2.05, 4.69) is 21.2 Å². The number of hydrogen-bond acceptors (Lipinski definition) is 6. The van der Waals surface area contributed by atoms with Gasteiger partial charge in [-0.1, -0.05) is 34.5 Å². The smallest absolute Gasteiger partial charge is 0.246 e. The first-order chi connectivity index (χ1) is 17.6. The molecule has 2 saturated heterocycles. The standard InChI is InChI=1S/C25H32BrN3O6S2/c1-35-23-10-9-22(17-24(23)37(33,34)29-13-3-2-4-14-29)27-25(30)20-11-15-28(16-12-20)36(31,32)18-19-5-7-21(26)8-6-19/h5-10,17,20H,2-4,11-16,18H2,1H3,(H,27,30). The first kappa shape index (κ1) is 28.0. The second-order valence-corrected chi connectivity index (χ2v) is 14.2. The molecule has 0 saturated carbocycles. The average molecular weight is 615 g/mol. The minimum absolute atomic E-state index is 0.0311. The monoisotopic (exact) mass is 613 g/mol. The molecule has 0 unspecified atom stereocenters. The third-order valence-corrected chi connectivity index (χ3v) is 11.1. The fraction of sp³-hybridized carbons (Fsp3) is 0.480. The van der Waals surface area contributed by atoms with Gasteiger partial charge in [0.1, 0.15) is 10.6 Å². The van der Waals surface area contributed by atoms with Crippen molar-refractivity contribution >= 4 is 47.6 Å². The molecule has 2 heterocycles. The molecule has 0 bridgehead atoms. The molecule has 4 rings (SSSR count). The fourth-order valence-corrected chi connectivity index (χ4v) is 8.25. The number of carbonyl (C=O) groups is 1. The number of sulfonamides is 2. The highest BCUT2D eigenvalue weighted by Crippen LogP contribution is 2.32. The Kier molecular flexibility index (Phi) is 8.95. The molecule has 0 spiro atoms. The van der Waals surface area contributed by atoms with Gasteiger partial charge in [-0.2, -0.15) is 4.31 Å². The van der Waals surface area contributed by atoms with Crippen molar-refractivity contribution in [3.05, 3.63) is 52.5 Å². The van der Waals surface area contributed by atoms with Crippen LogP contribution in [-0.2, 0) is 30.6 Å². The number of ether oxygens (including phenoxy) is 1. The maximum Gasteiger partial charge on any atom is 0.246 e. The van der Waals surface area contributed by atoms with Crippen molar-refractivity contribution in [1.29, 1.82) is 0 Å². The lowest BCUT2D eigenvalue weighted by Crippen LogP contribution is -2.41.